The second-order valence-electron chi connectivity index (χ2n) is 6.26. The third-order valence-corrected chi connectivity index (χ3v) is 4.75. The lowest BCUT2D eigenvalue weighted by Crippen LogP contribution is -2.06. The summed E-state index contributed by atoms with van der Waals surface area (Å²) in [6, 6.07) is 5.37. The molecule has 0 aliphatic carbocycles. The molecule has 2 aromatic carbocycles. The average molecular weight is 415 g/mol. The highest BCUT2D eigenvalue weighted by molar-refractivity contribution is 5.92. The summed E-state index contributed by atoms with van der Waals surface area (Å²) in [7, 11) is 9.37. The normalized spacial score (nSPS) is 10.6. The summed E-state index contributed by atoms with van der Waals surface area (Å²) in [5.74, 6) is 3.26. The Labute approximate surface area is 174 Å². The number of ether oxygens (including phenoxy) is 6. The van der Waals surface area contributed by atoms with Gasteiger partial charge in [0.2, 0.25) is 11.7 Å². The van der Waals surface area contributed by atoms with Crippen molar-refractivity contribution in [2.75, 3.05) is 48.4 Å². The number of hydrogen-bond acceptors (Lipinski definition) is 9. The minimum atomic E-state index is 0.106. The van der Waals surface area contributed by atoms with E-state index < -0.39 is 0 Å². The highest BCUT2D eigenvalue weighted by Crippen LogP contribution is 2.44. The van der Waals surface area contributed by atoms with Gasteiger partial charge in [0.1, 0.15) is 22.8 Å². The molecule has 3 rings (SSSR count). The van der Waals surface area contributed by atoms with Crippen LogP contribution in [-0.4, -0.2) is 52.6 Å². The molecule has 3 aromatic rings. The van der Waals surface area contributed by atoms with Crippen molar-refractivity contribution in [1.29, 1.82) is 0 Å². The van der Waals surface area contributed by atoms with Gasteiger partial charge in [-0.15, -0.1) is 0 Å². The van der Waals surface area contributed by atoms with E-state index in [0.29, 0.717) is 57.5 Å². The zero-order valence-corrected chi connectivity index (χ0v) is 17.9. The Morgan fingerprint density at radius 3 is 1.80 bits per heavy atom. The Hall–Kier alpha value is -3.62. The Morgan fingerprint density at radius 2 is 1.30 bits per heavy atom. The van der Waals surface area contributed by atoms with Crippen molar-refractivity contribution in [2.45, 2.75) is 6.42 Å². The third-order valence-electron chi connectivity index (χ3n) is 4.75. The van der Waals surface area contributed by atoms with E-state index in [9.17, 15) is 0 Å². The Bertz CT molecular complexity index is 1050. The third kappa shape index (κ3) is 3.66. The molecule has 0 saturated carbocycles. The molecule has 160 valence electrons. The van der Waals surface area contributed by atoms with Crippen molar-refractivity contribution in [3.05, 3.63) is 29.5 Å². The van der Waals surface area contributed by atoms with Crippen LogP contribution in [0.1, 0.15) is 11.3 Å². The van der Waals surface area contributed by atoms with Crippen LogP contribution < -0.4 is 34.2 Å². The van der Waals surface area contributed by atoms with Crippen LogP contribution in [0.15, 0.2) is 18.2 Å². The SMILES string of the molecule is COc1cc(OC)c(Cc2nc(N)nc3c(OC)c(OC)c(OC)cc23)c(OC)c1. The van der Waals surface area contributed by atoms with Gasteiger partial charge in [0.05, 0.1) is 48.4 Å². The van der Waals surface area contributed by atoms with Crippen molar-refractivity contribution < 1.29 is 28.4 Å². The van der Waals surface area contributed by atoms with E-state index >= 15 is 0 Å². The van der Waals surface area contributed by atoms with E-state index in [1.165, 1.54) is 14.2 Å². The van der Waals surface area contributed by atoms with E-state index in [0.717, 1.165) is 5.56 Å². The molecule has 0 atom stereocenters. The van der Waals surface area contributed by atoms with E-state index in [2.05, 4.69) is 9.97 Å². The van der Waals surface area contributed by atoms with Crippen molar-refractivity contribution in [3.8, 4) is 34.5 Å². The molecule has 0 bridgehead atoms. The van der Waals surface area contributed by atoms with Crippen LogP contribution in [0.25, 0.3) is 10.9 Å². The number of hydrogen-bond donors (Lipinski definition) is 1. The molecule has 0 aliphatic heterocycles. The van der Waals surface area contributed by atoms with E-state index in [1.807, 2.05) is 0 Å². The van der Waals surface area contributed by atoms with E-state index in [-0.39, 0.29) is 5.95 Å². The Morgan fingerprint density at radius 1 is 0.700 bits per heavy atom. The summed E-state index contributed by atoms with van der Waals surface area (Å²) in [6.07, 6.45) is 0.359. The molecule has 1 aromatic heterocycles. The first-order valence-corrected chi connectivity index (χ1v) is 9.05. The molecule has 2 N–H and O–H groups in total. The van der Waals surface area contributed by atoms with Gasteiger partial charge in [0, 0.05) is 29.5 Å². The second kappa shape index (κ2) is 8.81. The lowest BCUT2D eigenvalue weighted by Gasteiger charge is -2.18. The summed E-state index contributed by atoms with van der Waals surface area (Å²) in [6.45, 7) is 0. The van der Waals surface area contributed by atoms with E-state index in [1.54, 1.807) is 46.6 Å². The molecule has 0 saturated heterocycles. The Balaban J connectivity index is 2.28. The maximum Gasteiger partial charge on any atom is 0.220 e. The molecule has 0 aliphatic rings. The number of benzene rings is 2. The van der Waals surface area contributed by atoms with Gasteiger partial charge in [-0.1, -0.05) is 0 Å². The van der Waals surface area contributed by atoms with Gasteiger partial charge in [0.25, 0.3) is 0 Å². The molecular formula is C21H25N3O6. The van der Waals surface area contributed by atoms with Gasteiger partial charge in [-0.2, -0.15) is 0 Å². The summed E-state index contributed by atoms with van der Waals surface area (Å²) in [4.78, 5) is 8.84. The number of rotatable bonds is 8. The quantitative estimate of drug-likeness (QED) is 0.594. The van der Waals surface area contributed by atoms with Crippen LogP contribution in [0.5, 0.6) is 34.5 Å². The zero-order chi connectivity index (χ0) is 21.8. The van der Waals surface area contributed by atoms with Crippen molar-refractivity contribution >= 4 is 16.9 Å². The van der Waals surface area contributed by atoms with Gasteiger partial charge in [-0.05, 0) is 6.07 Å². The van der Waals surface area contributed by atoms with Crippen LogP contribution in [0.4, 0.5) is 5.95 Å². The van der Waals surface area contributed by atoms with E-state index in [4.69, 9.17) is 34.2 Å². The molecule has 0 fully saturated rings. The topological polar surface area (TPSA) is 107 Å². The largest absolute Gasteiger partial charge is 0.496 e. The molecule has 1 heterocycles. The fourth-order valence-corrected chi connectivity index (χ4v) is 3.36. The van der Waals surface area contributed by atoms with Gasteiger partial charge in [-0.25, -0.2) is 9.97 Å². The predicted molar refractivity (Wildman–Crippen MR) is 113 cm³/mol. The molecular weight excluding hydrogens is 390 g/mol. The molecule has 0 amide bonds. The molecule has 30 heavy (non-hydrogen) atoms. The number of aromatic nitrogens is 2. The minimum Gasteiger partial charge on any atom is -0.496 e. The fraction of sp³-hybridized carbons (Fsp3) is 0.333. The summed E-state index contributed by atoms with van der Waals surface area (Å²) >= 11 is 0. The van der Waals surface area contributed by atoms with Crippen LogP contribution in [0, 0.1) is 0 Å². The number of nitrogen functional groups attached to an aromatic ring is 1. The van der Waals surface area contributed by atoms with Crippen LogP contribution in [-0.2, 0) is 6.42 Å². The number of nitrogens with two attached hydrogens (primary N) is 1. The second-order valence-corrected chi connectivity index (χ2v) is 6.26. The molecule has 9 heteroatoms. The van der Waals surface area contributed by atoms with Gasteiger partial charge >= 0.3 is 0 Å². The first-order chi connectivity index (χ1) is 14.5. The average Bonchev–Trinajstić information content (AvgIpc) is 2.77. The highest BCUT2D eigenvalue weighted by Gasteiger charge is 2.22. The monoisotopic (exact) mass is 415 g/mol. The van der Waals surface area contributed by atoms with Crippen LogP contribution in [0.2, 0.25) is 0 Å². The van der Waals surface area contributed by atoms with Gasteiger partial charge in [-0.3, -0.25) is 0 Å². The number of fused-ring (bicyclic) bond motifs is 1. The lowest BCUT2D eigenvalue weighted by atomic mass is 10.0. The summed E-state index contributed by atoms with van der Waals surface area (Å²) in [5.41, 5.74) is 7.97. The molecule has 0 spiro atoms. The maximum absolute atomic E-state index is 6.02. The van der Waals surface area contributed by atoms with Crippen molar-refractivity contribution in [1.82, 2.24) is 9.97 Å². The predicted octanol–water partition coefficient (Wildman–Crippen LogP) is 2.85. The molecule has 9 nitrogen and oxygen atoms in total. The molecule has 0 radical (unpaired) electrons. The van der Waals surface area contributed by atoms with Crippen molar-refractivity contribution in [2.24, 2.45) is 0 Å². The lowest BCUT2D eigenvalue weighted by molar-refractivity contribution is 0.327. The summed E-state index contributed by atoms with van der Waals surface area (Å²) in [5, 5.41) is 0.707. The van der Waals surface area contributed by atoms with Gasteiger partial charge in [0.15, 0.2) is 11.5 Å². The number of anilines is 1. The zero-order valence-electron chi connectivity index (χ0n) is 17.9. The summed E-state index contributed by atoms with van der Waals surface area (Å²) < 4.78 is 33.0. The van der Waals surface area contributed by atoms with Crippen molar-refractivity contribution in [3.63, 3.8) is 0 Å². The smallest absolute Gasteiger partial charge is 0.220 e. The number of methoxy groups -OCH3 is 6. The van der Waals surface area contributed by atoms with Crippen LogP contribution in [0.3, 0.4) is 0 Å². The number of nitrogens with zero attached hydrogens (tertiary/aromatic N) is 2. The fourth-order valence-electron chi connectivity index (χ4n) is 3.36. The van der Waals surface area contributed by atoms with Gasteiger partial charge < -0.3 is 34.2 Å². The standard InChI is InChI=1S/C21H25N3O6/c1-25-11-7-15(26-2)13(16(8-11)27-3)9-14-12-10-17(28-4)19(29-5)20(30-6)18(12)24-21(22)23-14/h7-8,10H,9H2,1-6H3,(H2,22,23,24). The maximum atomic E-state index is 6.02. The Kier molecular flexibility index (Phi) is 6.20. The molecule has 0 unspecified atom stereocenters. The minimum absolute atomic E-state index is 0.106. The first kappa shape index (κ1) is 21.1. The highest BCUT2D eigenvalue weighted by atomic mass is 16.5. The first-order valence-electron chi connectivity index (χ1n) is 9.05. The van der Waals surface area contributed by atoms with Crippen LogP contribution >= 0.6 is 0 Å².